The molecule has 4 heteroatoms. The first kappa shape index (κ1) is 14.1. The molecule has 1 unspecified atom stereocenters. The molecule has 1 aliphatic carbocycles. The van der Waals surface area contributed by atoms with E-state index in [0.29, 0.717) is 16.0 Å². The van der Waals surface area contributed by atoms with Crippen LogP contribution in [0.4, 0.5) is 0 Å². The van der Waals surface area contributed by atoms with Gasteiger partial charge in [-0.05, 0) is 33.7 Å². The molecule has 1 aliphatic rings. The zero-order chi connectivity index (χ0) is 16.3. The molecule has 1 N–H and O–H groups in total. The van der Waals surface area contributed by atoms with E-state index in [2.05, 4.69) is 0 Å². The molecule has 1 atom stereocenters. The molecular formula is C20H12O2S2. The van der Waals surface area contributed by atoms with Crippen molar-refractivity contribution in [2.45, 2.75) is 5.60 Å². The Labute approximate surface area is 146 Å². The van der Waals surface area contributed by atoms with Crippen molar-refractivity contribution in [1.82, 2.24) is 0 Å². The summed E-state index contributed by atoms with van der Waals surface area (Å²) in [5.74, 6) is 0.0150. The van der Waals surface area contributed by atoms with Crippen molar-refractivity contribution in [3.05, 3.63) is 91.8 Å². The second kappa shape index (κ2) is 4.86. The highest BCUT2D eigenvalue weighted by Gasteiger charge is 2.46. The molecule has 24 heavy (non-hydrogen) atoms. The minimum atomic E-state index is -1.28. The fraction of sp³-hybridized carbons (Fsp3) is 0.0500. The third kappa shape index (κ3) is 1.65. The first-order chi connectivity index (χ1) is 11.7. The number of benzene rings is 2. The molecule has 0 aliphatic heterocycles. The van der Waals surface area contributed by atoms with Crippen LogP contribution in [0.15, 0.2) is 65.4 Å². The molecule has 2 heterocycles. The van der Waals surface area contributed by atoms with Crippen molar-refractivity contribution in [2.24, 2.45) is 0 Å². The number of hydrogen-bond donors (Lipinski definition) is 1. The van der Waals surface area contributed by atoms with Gasteiger partial charge in [-0.25, -0.2) is 0 Å². The third-order valence-corrected chi connectivity index (χ3v) is 6.62. The lowest BCUT2D eigenvalue weighted by molar-refractivity contribution is 0.0971. The number of rotatable bonds is 1. The average molecular weight is 348 g/mol. The predicted molar refractivity (Wildman–Crippen MR) is 98.1 cm³/mol. The van der Waals surface area contributed by atoms with E-state index in [4.69, 9.17) is 0 Å². The number of thiophene rings is 2. The molecule has 2 aromatic carbocycles. The Morgan fingerprint density at radius 2 is 1.62 bits per heavy atom. The summed E-state index contributed by atoms with van der Waals surface area (Å²) in [4.78, 5) is 14.1. The Balaban J connectivity index is 1.93. The summed E-state index contributed by atoms with van der Waals surface area (Å²) in [6.45, 7) is 0. The molecule has 0 saturated carbocycles. The molecule has 0 fully saturated rings. The Morgan fingerprint density at radius 3 is 2.54 bits per heavy atom. The van der Waals surface area contributed by atoms with Gasteiger partial charge in [0.2, 0.25) is 5.78 Å². The van der Waals surface area contributed by atoms with Crippen LogP contribution >= 0.6 is 22.7 Å². The zero-order valence-electron chi connectivity index (χ0n) is 12.5. The first-order valence-electron chi connectivity index (χ1n) is 7.62. The third-order valence-electron chi connectivity index (χ3n) is 4.68. The number of carbonyl (C=O) groups is 1. The molecule has 5 rings (SSSR count). The van der Waals surface area contributed by atoms with Gasteiger partial charge in [0.1, 0.15) is 0 Å². The normalized spacial score (nSPS) is 19.3. The lowest BCUT2D eigenvalue weighted by atomic mass is 9.77. The lowest BCUT2D eigenvalue weighted by Gasteiger charge is -2.33. The molecule has 0 saturated heterocycles. The van der Waals surface area contributed by atoms with Crippen LogP contribution in [0.2, 0.25) is 0 Å². The van der Waals surface area contributed by atoms with Crippen molar-refractivity contribution in [1.29, 1.82) is 0 Å². The number of hydrogen-bond acceptors (Lipinski definition) is 4. The highest BCUT2D eigenvalue weighted by Crippen LogP contribution is 2.49. The van der Waals surface area contributed by atoms with E-state index in [1.54, 1.807) is 0 Å². The van der Waals surface area contributed by atoms with E-state index in [-0.39, 0.29) is 5.78 Å². The van der Waals surface area contributed by atoms with Crippen LogP contribution in [0.25, 0.3) is 10.8 Å². The first-order valence-corrected chi connectivity index (χ1v) is 9.38. The van der Waals surface area contributed by atoms with Gasteiger partial charge in [-0.15, -0.1) is 22.7 Å². The number of carbonyl (C=O) groups excluding carboxylic acids is 1. The average Bonchev–Trinajstić information content (AvgIpc) is 3.29. The second-order valence-electron chi connectivity index (χ2n) is 5.89. The molecule has 0 spiro atoms. The predicted octanol–water partition coefficient (Wildman–Crippen LogP) is 4.79. The fourth-order valence-corrected chi connectivity index (χ4v) is 5.51. The minimum absolute atomic E-state index is 0.0150. The maximum atomic E-state index is 12.7. The maximum Gasteiger partial charge on any atom is 0.204 e. The van der Waals surface area contributed by atoms with Crippen LogP contribution in [-0.2, 0) is 5.60 Å². The van der Waals surface area contributed by atoms with E-state index in [1.807, 2.05) is 65.4 Å². The SMILES string of the molecule is O=C1c2ccsc2C(O)(c2cccc3ccccc23)c2ccsc21. The van der Waals surface area contributed by atoms with Crippen molar-refractivity contribution in [3.8, 4) is 0 Å². The molecule has 0 radical (unpaired) electrons. The van der Waals surface area contributed by atoms with Gasteiger partial charge in [-0.2, -0.15) is 0 Å². The quantitative estimate of drug-likeness (QED) is 0.537. The van der Waals surface area contributed by atoms with Gasteiger partial charge in [0, 0.05) is 16.7 Å². The summed E-state index contributed by atoms with van der Waals surface area (Å²) in [5.41, 5.74) is 0.860. The Bertz CT molecular complexity index is 1050. The Kier molecular flexibility index (Phi) is 2.86. The van der Waals surface area contributed by atoms with Crippen LogP contribution < -0.4 is 0 Å². The van der Waals surface area contributed by atoms with Gasteiger partial charge in [0.25, 0.3) is 0 Å². The van der Waals surface area contributed by atoms with Crippen LogP contribution in [0, 0.1) is 0 Å². The van der Waals surface area contributed by atoms with E-state index in [1.165, 1.54) is 22.7 Å². The summed E-state index contributed by atoms with van der Waals surface area (Å²) in [6, 6.07) is 17.7. The van der Waals surface area contributed by atoms with Gasteiger partial charge in [0.05, 0.1) is 9.75 Å². The van der Waals surface area contributed by atoms with Gasteiger partial charge in [0.15, 0.2) is 5.60 Å². The number of aliphatic hydroxyl groups is 1. The maximum absolute atomic E-state index is 12.7. The van der Waals surface area contributed by atoms with E-state index in [9.17, 15) is 9.90 Å². The monoisotopic (exact) mass is 348 g/mol. The highest BCUT2D eigenvalue weighted by atomic mass is 32.1. The molecule has 2 aromatic heterocycles. The number of fused-ring (bicyclic) bond motifs is 3. The molecule has 0 bridgehead atoms. The van der Waals surface area contributed by atoms with Crippen molar-refractivity contribution in [3.63, 3.8) is 0 Å². The fourth-order valence-electron chi connectivity index (χ4n) is 3.59. The summed E-state index contributed by atoms with van der Waals surface area (Å²) >= 11 is 2.84. The van der Waals surface area contributed by atoms with Crippen molar-refractivity contribution >= 4 is 39.2 Å². The van der Waals surface area contributed by atoms with Crippen LogP contribution in [0.3, 0.4) is 0 Å². The summed E-state index contributed by atoms with van der Waals surface area (Å²) in [6.07, 6.45) is 0. The molecule has 4 aromatic rings. The van der Waals surface area contributed by atoms with Crippen LogP contribution in [0.1, 0.15) is 31.2 Å². The summed E-state index contributed by atoms with van der Waals surface area (Å²) in [5, 5.41) is 17.8. The molecule has 0 amide bonds. The summed E-state index contributed by atoms with van der Waals surface area (Å²) in [7, 11) is 0. The summed E-state index contributed by atoms with van der Waals surface area (Å²) < 4.78 is 0. The van der Waals surface area contributed by atoms with Crippen LogP contribution in [-0.4, -0.2) is 10.9 Å². The Morgan fingerprint density at radius 1 is 0.833 bits per heavy atom. The molecule has 2 nitrogen and oxygen atoms in total. The Hall–Kier alpha value is -2.27. The van der Waals surface area contributed by atoms with E-state index < -0.39 is 5.60 Å². The van der Waals surface area contributed by atoms with Crippen molar-refractivity contribution < 1.29 is 9.90 Å². The topological polar surface area (TPSA) is 37.3 Å². The highest BCUT2D eigenvalue weighted by molar-refractivity contribution is 7.13. The smallest absolute Gasteiger partial charge is 0.204 e. The second-order valence-corrected chi connectivity index (χ2v) is 7.73. The van der Waals surface area contributed by atoms with E-state index in [0.717, 1.165) is 21.2 Å². The standard InChI is InChI=1S/C20H12O2S2/c21-17-14-8-10-24-19(14)20(22,16-9-11-23-18(16)17)15-7-3-5-12-4-1-2-6-13(12)15/h1-11,22H. The number of ketones is 1. The largest absolute Gasteiger partial charge is 0.375 e. The van der Waals surface area contributed by atoms with Crippen molar-refractivity contribution in [2.75, 3.05) is 0 Å². The molecule has 116 valence electrons. The van der Waals surface area contributed by atoms with E-state index >= 15 is 0 Å². The van der Waals surface area contributed by atoms with Gasteiger partial charge >= 0.3 is 0 Å². The van der Waals surface area contributed by atoms with Gasteiger partial charge < -0.3 is 5.11 Å². The zero-order valence-corrected chi connectivity index (χ0v) is 14.2. The molecular weight excluding hydrogens is 336 g/mol. The lowest BCUT2D eigenvalue weighted by Crippen LogP contribution is -2.34. The van der Waals surface area contributed by atoms with Gasteiger partial charge in [-0.1, -0.05) is 42.5 Å². The van der Waals surface area contributed by atoms with Gasteiger partial charge in [-0.3, -0.25) is 4.79 Å². The minimum Gasteiger partial charge on any atom is -0.375 e. The van der Waals surface area contributed by atoms with Crippen LogP contribution in [0.5, 0.6) is 0 Å².